The highest BCUT2D eigenvalue weighted by Crippen LogP contribution is 2.52. The number of aryl methyl sites for hydroxylation is 1. The number of anilines is 1. The maximum Gasteiger partial charge on any atom is 0.241 e. The molecule has 3 heterocycles. The normalized spacial score (nSPS) is 21.8. The van der Waals surface area contributed by atoms with E-state index >= 15 is 0 Å². The fraction of sp³-hybridized carbons (Fsp3) is 0.222. The van der Waals surface area contributed by atoms with Crippen molar-refractivity contribution in [3.63, 3.8) is 0 Å². The Hall–Kier alpha value is -3.53. The second-order valence-electron chi connectivity index (χ2n) is 9.23. The molecule has 1 aromatic heterocycles. The van der Waals surface area contributed by atoms with Gasteiger partial charge >= 0.3 is 0 Å². The first-order valence-corrected chi connectivity index (χ1v) is 10.8. The van der Waals surface area contributed by atoms with Crippen molar-refractivity contribution in [1.82, 2.24) is 9.88 Å². The van der Waals surface area contributed by atoms with Gasteiger partial charge in [0.2, 0.25) is 5.91 Å². The molecular formula is C27H25N3O. The first-order chi connectivity index (χ1) is 14.9. The lowest BCUT2D eigenvalue weighted by molar-refractivity contribution is -0.118. The van der Waals surface area contributed by atoms with Crippen molar-refractivity contribution in [3.05, 3.63) is 83.9 Å². The molecule has 0 bridgehead atoms. The van der Waals surface area contributed by atoms with Crippen molar-refractivity contribution in [3.8, 4) is 0 Å². The summed E-state index contributed by atoms with van der Waals surface area (Å²) in [5, 5.41) is 5.81. The fourth-order valence-corrected chi connectivity index (χ4v) is 5.65. The molecule has 0 aliphatic carbocycles. The van der Waals surface area contributed by atoms with Crippen LogP contribution in [-0.4, -0.2) is 22.7 Å². The van der Waals surface area contributed by atoms with E-state index in [1.54, 1.807) is 0 Å². The Morgan fingerprint density at radius 1 is 0.935 bits per heavy atom. The molecule has 0 spiro atoms. The van der Waals surface area contributed by atoms with E-state index in [-0.39, 0.29) is 11.3 Å². The van der Waals surface area contributed by atoms with E-state index in [1.807, 2.05) is 6.07 Å². The van der Waals surface area contributed by atoms with E-state index in [0.29, 0.717) is 6.54 Å². The van der Waals surface area contributed by atoms with Crippen LogP contribution >= 0.6 is 0 Å². The zero-order valence-electron chi connectivity index (χ0n) is 18.0. The summed E-state index contributed by atoms with van der Waals surface area (Å²) < 4.78 is 2.24. The number of rotatable bonds is 2. The second kappa shape index (κ2) is 6.01. The number of fused-ring (bicyclic) bond motifs is 6. The number of para-hydroxylation sites is 2. The molecule has 1 atom stereocenters. The van der Waals surface area contributed by atoms with Crippen LogP contribution in [0.2, 0.25) is 0 Å². The molecule has 1 saturated heterocycles. The van der Waals surface area contributed by atoms with Crippen LogP contribution in [0.15, 0.2) is 72.8 Å². The number of nitrogens with zero attached hydrogens (tertiary/aromatic N) is 2. The summed E-state index contributed by atoms with van der Waals surface area (Å²) in [4.78, 5) is 14.7. The lowest BCUT2D eigenvalue weighted by atomic mass is 9.75. The second-order valence-corrected chi connectivity index (χ2v) is 9.23. The van der Waals surface area contributed by atoms with E-state index in [2.05, 4.69) is 108 Å². The number of carbonyl (C=O) groups excluding carboxylic acids is 1. The summed E-state index contributed by atoms with van der Waals surface area (Å²) >= 11 is 0. The van der Waals surface area contributed by atoms with Crippen LogP contribution in [0.5, 0.6) is 0 Å². The smallest absolute Gasteiger partial charge is 0.241 e. The van der Waals surface area contributed by atoms with Crippen molar-refractivity contribution < 1.29 is 4.79 Å². The van der Waals surface area contributed by atoms with Crippen LogP contribution < -0.4 is 10.2 Å². The number of benzene rings is 3. The first-order valence-electron chi connectivity index (χ1n) is 10.8. The first kappa shape index (κ1) is 18.3. The number of aromatic nitrogens is 1. The van der Waals surface area contributed by atoms with Crippen LogP contribution in [-0.2, 0) is 17.3 Å². The molecular weight excluding hydrogens is 382 g/mol. The fourth-order valence-electron chi connectivity index (χ4n) is 5.65. The van der Waals surface area contributed by atoms with Gasteiger partial charge in [0.05, 0.1) is 6.54 Å². The summed E-state index contributed by atoms with van der Waals surface area (Å²) in [6.45, 7) is 4.82. The Kier molecular flexibility index (Phi) is 3.54. The highest BCUT2D eigenvalue weighted by molar-refractivity contribution is 6.08. The molecule has 3 aromatic carbocycles. The minimum atomic E-state index is -0.568. The monoisotopic (exact) mass is 407 g/mol. The highest BCUT2D eigenvalue weighted by atomic mass is 16.2. The standard InChI is InChI=1S/C27H25N3O/c1-26(2)21-9-5-7-11-24(21)30-17-25(31)28-27(26,30)15-14-18-12-13-23-20(16-18)19-8-4-6-10-22(19)29(23)3/h4-16H,17H2,1-3H3,(H,28,31)/b15-14+/t27-/m0/s1. The molecule has 4 heteroatoms. The largest absolute Gasteiger partial charge is 0.344 e. The zero-order valence-corrected chi connectivity index (χ0v) is 18.0. The minimum absolute atomic E-state index is 0.0664. The van der Waals surface area contributed by atoms with Crippen molar-refractivity contribution in [2.24, 2.45) is 7.05 Å². The van der Waals surface area contributed by atoms with Gasteiger partial charge in [-0.3, -0.25) is 4.79 Å². The average Bonchev–Trinajstić information content (AvgIpc) is 3.33. The zero-order chi connectivity index (χ0) is 21.4. The van der Waals surface area contributed by atoms with Gasteiger partial charge in [-0.05, 0) is 41.5 Å². The molecule has 0 radical (unpaired) electrons. The van der Waals surface area contributed by atoms with Gasteiger partial charge in [0.25, 0.3) is 0 Å². The predicted molar refractivity (Wildman–Crippen MR) is 127 cm³/mol. The number of hydrogen-bond donors (Lipinski definition) is 1. The Morgan fingerprint density at radius 2 is 1.68 bits per heavy atom. The average molecular weight is 408 g/mol. The number of amides is 1. The molecule has 31 heavy (non-hydrogen) atoms. The van der Waals surface area contributed by atoms with Crippen molar-refractivity contribution in [2.45, 2.75) is 24.9 Å². The summed E-state index contributed by atoms with van der Waals surface area (Å²) in [6.07, 6.45) is 4.34. The van der Waals surface area contributed by atoms with E-state index in [4.69, 9.17) is 0 Å². The molecule has 1 fully saturated rings. The van der Waals surface area contributed by atoms with Gasteiger partial charge < -0.3 is 14.8 Å². The molecule has 4 nitrogen and oxygen atoms in total. The van der Waals surface area contributed by atoms with E-state index in [0.717, 1.165) is 11.3 Å². The molecule has 6 rings (SSSR count). The lowest BCUT2D eigenvalue weighted by Gasteiger charge is -2.40. The van der Waals surface area contributed by atoms with E-state index in [9.17, 15) is 4.79 Å². The molecule has 2 aliphatic rings. The van der Waals surface area contributed by atoms with Crippen LogP contribution in [0, 0.1) is 0 Å². The molecule has 4 aromatic rings. The molecule has 0 unspecified atom stereocenters. The molecule has 154 valence electrons. The van der Waals surface area contributed by atoms with Crippen LogP contribution in [0.25, 0.3) is 27.9 Å². The lowest BCUT2D eigenvalue weighted by Crippen LogP contribution is -2.58. The third-order valence-electron chi connectivity index (χ3n) is 7.33. The van der Waals surface area contributed by atoms with Crippen LogP contribution in [0.1, 0.15) is 25.0 Å². The highest BCUT2D eigenvalue weighted by Gasteiger charge is 2.59. The van der Waals surface area contributed by atoms with Gasteiger partial charge in [0.15, 0.2) is 0 Å². The maximum absolute atomic E-state index is 12.5. The molecule has 0 saturated carbocycles. The van der Waals surface area contributed by atoms with Gasteiger partial charge in [-0.25, -0.2) is 0 Å². The van der Waals surface area contributed by atoms with Crippen LogP contribution in [0.3, 0.4) is 0 Å². The minimum Gasteiger partial charge on any atom is -0.344 e. The van der Waals surface area contributed by atoms with Gasteiger partial charge in [-0.1, -0.05) is 62.4 Å². The molecule has 2 aliphatic heterocycles. The van der Waals surface area contributed by atoms with E-state index in [1.165, 1.54) is 27.4 Å². The summed E-state index contributed by atoms with van der Waals surface area (Å²) in [5.74, 6) is 0.0664. The van der Waals surface area contributed by atoms with Crippen molar-refractivity contribution >= 4 is 39.5 Å². The van der Waals surface area contributed by atoms with Crippen LogP contribution in [0.4, 0.5) is 5.69 Å². The summed E-state index contributed by atoms with van der Waals surface area (Å²) in [5.41, 5.74) is 5.17. The van der Waals surface area contributed by atoms with Gasteiger partial charge in [0.1, 0.15) is 5.66 Å². The van der Waals surface area contributed by atoms with E-state index < -0.39 is 5.66 Å². The molecule has 1 amide bonds. The number of hydrogen-bond acceptors (Lipinski definition) is 2. The topological polar surface area (TPSA) is 37.3 Å². The van der Waals surface area contributed by atoms with Gasteiger partial charge in [0, 0.05) is 40.0 Å². The number of carbonyl (C=O) groups is 1. The quantitative estimate of drug-likeness (QED) is 0.509. The Morgan fingerprint density at radius 3 is 2.55 bits per heavy atom. The Bertz CT molecular complexity index is 1410. The third-order valence-corrected chi connectivity index (χ3v) is 7.33. The number of nitrogens with one attached hydrogen (secondary N) is 1. The van der Waals surface area contributed by atoms with Crippen molar-refractivity contribution in [1.29, 1.82) is 0 Å². The molecule has 1 N–H and O–H groups in total. The maximum atomic E-state index is 12.5. The SMILES string of the molecule is Cn1c2ccccc2c2cc(/C=C/[C@]34NC(=O)CN3c3ccccc3C4(C)C)ccc21. The van der Waals surface area contributed by atoms with Gasteiger partial charge in [-0.2, -0.15) is 0 Å². The predicted octanol–water partition coefficient (Wildman–Crippen LogP) is 4.97. The van der Waals surface area contributed by atoms with Crippen molar-refractivity contribution in [2.75, 3.05) is 11.4 Å². The summed E-state index contributed by atoms with van der Waals surface area (Å²) in [7, 11) is 2.11. The Balaban J connectivity index is 1.49. The third kappa shape index (κ3) is 2.27. The summed E-state index contributed by atoms with van der Waals surface area (Å²) in [6, 6.07) is 23.5. The Labute approximate surface area is 181 Å². The van der Waals surface area contributed by atoms with Gasteiger partial charge in [-0.15, -0.1) is 0 Å².